The Bertz CT molecular complexity index is 213. The Balaban J connectivity index is 3.81. The van der Waals surface area contributed by atoms with Crippen LogP contribution >= 0.6 is 0 Å². The van der Waals surface area contributed by atoms with Gasteiger partial charge in [-0.3, -0.25) is 4.79 Å². The van der Waals surface area contributed by atoms with Gasteiger partial charge in [0.2, 0.25) is 0 Å². The highest BCUT2D eigenvalue weighted by Gasteiger charge is 2.15. The van der Waals surface area contributed by atoms with Gasteiger partial charge in [0.1, 0.15) is 5.78 Å². The van der Waals surface area contributed by atoms with Crippen molar-refractivity contribution in [2.45, 2.75) is 65.2 Å². The average molecular weight is 253 g/mol. The third kappa shape index (κ3) is 9.41. The van der Waals surface area contributed by atoms with E-state index in [1.54, 1.807) is 0 Å². The fraction of sp³-hybridized carbons (Fsp3) is 0.812. The smallest absolute Gasteiger partial charge is 0.137 e. The van der Waals surface area contributed by atoms with Gasteiger partial charge in [-0.05, 0) is 19.4 Å². The van der Waals surface area contributed by atoms with E-state index in [4.69, 9.17) is 0 Å². The van der Waals surface area contributed by atoms with Crippen LogP contribution in [0.25, 0.3) is 0 Å². The van der Waals surface area contributed by atoms with Crippen molar-refractivity contribution in [2.24, 2.45) is 5.92 Å². The van der Waals surface area contributed by atoms with Gasteiger partial charge in [-0.2, -0.15) is 0 Å². The van der Waals surface area contributed by atoms with Crippen molar-refractivity contribution < 1.29 is 4.79 Å². The van der Waals surface area contributed by atoms with E-state index in [2.05, 4.69) is 25.7 Å². The van der Waals surface area contributed by atoms with Gasteiger partial charge in [0, 0.05) is 18.9 Å². The molecule has 2 heteroatoms. The number of carbonyl (C=O) groups excluding carboxylic acids is 1. The van der Waals surface area contributed by atoms with E-state index in [0.717, 1.165) is 25.9 Å². The maximum absolute atomic E-state index is 12.0. The molecule has 2 nitrogen and oxygen atoms in total. The molecule has 1 atom stereocenters. The van der Waals surface area contributed by atoms with Crippen LogP contribution in [0.1, 0.15) is 65.2 Å². The van der Waals surface area contributed by atoms with Crippen molar-refractivity contribution >= 4 is 5.78 Å². The molecule has 0 bridgehead atoms. The first-order valence-electron chi connectivity index (χ1n) is 7.60. The summed E-state index contributed by atoms with van der Waals surface area (Å²) in [6.45, 7) is 9.82. The van der Waals surface area contributed by atoms with Crippen molar-refractivity contribution in [3.63, 3.8) is 0 Å². The van der Waals surface area contributed by atoms with E-state index in [-0.39, 0.29) is 5.92 Å². The summed E-state index contributed by atoms with van der Waals surface area (Å²) in [4.78, 5) is 12.0. The number of rotatable bonds is 13. The number of unbranched alkanes of at least 4 members (excludes halogenated alkanes) is 4. The van der Waals surface area contributed by atoms with Gasteiger partial charge in [0.15, 0.2) is 0 Å². The molecule has 0 saturated heterocycles. The normalized spacial score (nSPS) is 12.3. The standard InChI is InChI=1S/C16H31NO/c1-4-7-8-9-10-12-15(11-5-2)16(18)13-14-17-6-3/h5,15,17H,2,4,6-14H2,1,3H3. The van der Waals surface area contributed by atoms with Crippen LogP contribution in [0.15, 0.2) is 12.7 Å². The van der Waals surface area contributed by atoms with E-state index in [0.29, 0.717) is 12.2 Å². The quantitative estimate of drug-likeness (QED) is 0.395. The Morgan fingerprint density at radius 2 is 1.94 bits per heavy atom. The lowest BCUT2D eigenvalue weighted by Crippen LogP contribution is -2.22. The minimum Gasteiger partial charge on any atom is -0.317 e. The van der Waals surface area contributed by atoms with Crippen LogP contribution in [-0.4, -0.2) is 18.9 Å². The number of allylic oxidation sites excluding steroid dienone is 1. The second-order valence-electron chi connectivity index (χ2n) is 4.99. The molecular weight excluding hydrogens is 222 g/mol. The summed E-state index contributed by atoms with van der Waals surface area (Å²) in [5, 5.41) is 3.21. The number of Topliss-reactive ketones (excluding diaryl/α,β-unsaturated/α-hetero) is 1. The minimum atomic E-state index is 0.211. The maximum Gasteiger partial charge on any atom is 0.137 e. The van der Waals surface area contributed by atoms with Crippen LogP contribution in [0, 0.1) is 5.92 Å². The van der Waals surface area contributed by atoms with Crippen molar-refractivity contribution in [1.29, 1.82) is 0 Å². The maximum atomic E-state index is 12.0. The van der Waals surface area contributed by atoms with Crippen LogP contribution in [0.5, 0.6) is 0 Å². The molecule has 0 aliphatic rings. The van der Waals surface area contributed by atoms with Crippen molar-refractivity contribution in [2.75, 3.05) is 13.1 Å². The van der Waals surface area contributed by atoms with Crippen LogP contribution in [0.2, 0.25) is 0 Å². The zero-order valence-corrected chi connectivity index (χ0v) is 12.3. The molecule has 0 aliphatic heterocycles. The van der Waals surface area contributed by atoms with Gasteiger partial charge < -0.3 is 5.32 Å². The van der Waals surface area contributed by atoms with Crippen LogP contribution in [-0.2, 0) is 4.79 Å². The summed E-state index contributed by atoms with van der Waals surface area (Å²) < 4.78 is 0. The molecule has 0 aliphatic carbocycles. The molecule has 0 heterocycles. The highest BCUT2D eigenvalue weighted by molar-refractivity contribution is 5.81. The van der Waals surface area contributed by atoms with E-state index < -0.39 is 0 Å². The molecule has 18 heavy (non-hydrogen) atoms. The summed E-state index contributed by atoms with van der Waals surface area (Å²) in [6, 6.07) is 0. The highest BCUT2D eigenvalue weighted by Crippen LogP contribution is 2.17. The molecule has 0 aromatic heterocycles. The van der Waals surface area contributed by atoms with Gasteiger partial charge >= 0.3 is 0 Å². The second kappa shape index (κ2) is 12.8. The Labute approximate surface area is 113 Å². The van der Waals surface area contributed by atoms with Crippen molar-refractivity contribution in [1.82, 2.24) is 5.32 Å². The lowest BCUT2D eigenvalue weighted by molar-refractivity contribution is -0.122. The molecule has 1 N–H and O–H groups in total. The summed E-state index contributed by atoms with van der Waals surface area (Å²) in [6.07, 6.45) is 10.8. The SMILES string of the molecule is C=CCC(CCCCCCC)C(=O)CCNCC. The van der Waals surface area contributed by atoms with E-state index >= 15 is 0 Å². The molecule has 1 unspecified atom stereocenters. The van der Waals surface area contributed by atoms with Crippen molar-refractivity contribution in [3.8, 4) is 0 Å². The van der Waals surface area contributed by atoms with Crippen LogP contribution < -0.4 is 5.32 Å². The molecule has 0 fully saturated rings. The predicted octanol–water partition coefficient (Wildman–Crippen LogP) is 4.11. The Morgan fingerprint density at radius 1 is 1.22 bits per heavy atom. The number of ketones is 1. The third-order valence-electron chi connectivity index (χ3n) is 3.36. The van der Waals surface area contributed by atoms with Crippen molar-refractivity contribution in [3.05, 3.63) is 12.7 Å². The Hall–Kier alpha value is -0.630. The molecule has 0 aromatic rings. The molecule has 106 valence electrons. The average Bonchev–Trinajstić information content (AvgIpc) is 2.37. The van der Waals surface area contributed by atoms with Gasteiger partial charge in [-0.25, -0.2) is 0 Å². The molecule has 0 rings (SSSR count). The zero-order valence-electron chi connectivity index (χ0n) is 12.3. The molecule has 0 saturated carbocycles. The summed E-state index contributed by atoms with van der Waals surface area (Å²) >= 11 is 0. The monoisotopic (exact) mass is 253 g/mol. The lowest BCUT2D eigenvalue weighted by Gasteiger charge is -2.14. The zero-order chi connectivity index (χ0) is 13.6. The summed E-state index contributed by atoms with van der Waals surface area (Å²) in [5.41, 5.74) is 0. The largest absolute Gasteiger partial charge is 0.317 e. The predicted molar refractivity (Wildman–Crippen MR) is 79.8 cm³/mol. The van der Waals surface area contributed by atoms with Crippen LogP contribution in [0.4, 0.5) is 0 Å². The summed E-state index contributed by atoms with van der Waals surface area (Å²) in [5.74, 6) is 0.620. The fourth-order valence-corrected chi connectivity index (χ4v) is 2.20. The van der Waals surface area contributed by atoms with Gasteiger partial charge in [-0.1, -0.05) is 52.0 Å². The van der Waals surface area contributed by atoms with Crippen LogP contribution in [0.3, 0.4) is 0 Å². The van der Waals surface area contributed by atoms with Gasteiger partial charge in [0.05, 0.1) is 0 Å². The van der Waals surface area contributed by atoms with Gasteiger partial charge in [-0.15, -0.1) is 6.58 Å². The topological polar surface area (TPSA) is 29.1 Å². The van der Waals surface area contributed by atoms with E-state index in [9.17, 15) is 4.79 Å². The Morgan fingerprint density at radius 3 is 2.56 bits per heavy atom. The third-order valence-corrected chi connectivity index (χ3v) is 3.36. The van der Waals surface area contributed by atoms with E-state index in [1.807, 2.05) is 6.08 Å². The fourth-order valence-electron chi connectivity index (χ4n) is 2.20. The molecule has 0 radical (unpaired) electrons. The number of carbonyl (C=O) groups is 1. The first-order chi connectivity index (χ1) is 8.76. The summed E-state index contributed by atoms with van der Waals surface area (Å²) in [7, 11) is 0. The molecular formula is C16H31NO. The number of nitrogens with one attached hydrogen (secondary N) is 1. The molecule has 0 aromatic carbocycles. The van der Waals surface area contributed by atoms with Gasteiger partial charge in [0.25, 0.3) is 0 Å². The Kier molecular flexibility index (Phi) is 12.4. The lowest BCUT2D eigenvalue weighted by atomic mass is 9.91. The molecule has 0 spiro atoms. The second-order valence-corrected chi connectivity index (χ2v) is 4.99. The number of hydrogen-bond acceptors (Lipinski definition) is 2. The minimum absolute atomic E-state index is 0.211. The van der Waals surface area contributed by atoms with E-state index in [1.165, 1.54) is 32.1 Å². The molecule has 0 amide bonds. The number of hydrogen-bond donors (Lipinski definition) is 1. The first kappa shape index (κ1) is 17.4. The first-order valence-corrected chi connectivity index (χ1v) is 7.60. The highest BCUT2D eigenvalue weighted by atomic mass is 16.1.